The number of halogens is 2. The first-order valence-electron chi connectivity index (χ1n) is 26.2. The summed E-state index contributed by atoms with van der Waals surface area (Å²) in [5.41, 5.74) is 10.4. The van der Waals surface area contributed by atoms with E-state index in [0.29, 0.717) is 61.5 Å². The van der Waals surface area contributed by atoms with Crippen LogP contribution in [0.2, 0.25) is 0 Å². The maximum Gasteiger partial charge on any atom is 0.255 e. The highest BCUT2D eigenvalue weighted by atomic mass is 32.2. The lowest BCUT2D eigenvalue weighted by molar-refractivity contribution is -0.136. The number of anilines is 4. The molecule has 0 bridgehead atoms. The first-order chi connectivity index (χ1) is 36.8. The molecule has 20 heteroatoms. The van der Waals surface area contributed by atoms with Crippen molar-refractivity contribution in [2.24, 2.45) is 11.1 Å². The summed E-state index contributed by atoms with van der Waals surface area (Å²) >= 11 is 1.44. The van der Waals surface area contributed by atoms with Gasteiger partial charge >= 0.3 is 0 Å². The number of ether oxygens (including phenoxy) is 1. The number of carbonyl (C=O) groups excluding carboxylic acids is 5. The van der Waals surface area contributed by atoms with E-state index in [-0.39, 0.29) is 66.4 Å². The molecular formula is C56H61F2N11O6S. The van der Waals surface area contributed by atoms with Gasteiger partial charge in [-0.3, -0.25) is 34.2 Å². The highest BCUT2D eigenvalue weighted by Gasteiger charge is 2.48. The van der Waals surface area contributed by atoms with Crippen LogP contribution in [0.4, 0.5) is 31.7 Å². The van der Waals surface area contributed by atoms with Gasteiger partial charge in [-0.1, -0.05) is 30.0 Å². The number of nitrogens with zero attached hydrogens (tertiary/aromatic N) is 7. The zero-order valence-electron chi connectivity index (χ0n) is 42.3. The number of hydrogen-bond acceptors (Lipinski definition) is 14. The number of amides is 5. The third-order valence-electron chi connectivity index (χ3n) is 16.3. The molecule has 0 aliphatic carbocycles. The topological polar surface area (TPSA) is 199 Å². The molecule has 11 rings (SSSR count). The van der Waals surface area contributed by atoms with Crippen molar-refractivity contribution in [2.45, 2.75) is 92.7 Å². The van der Waals surface area contributed by atoms with Gasteiger partial charge in [0.15, 0.2) is 0 Å². The van der Waals surface area contributed by atoms with Gasteiger partial charge in [-0.2, -0.15) is 0 Å². The number of piperazine rings is 1. The molecule has 1 spiro atoms. The summed E-state index contributed by atoms with van der Waals surface area (Å²) in [4.78, 5) is 84.2. The Labute approximate surface area is 443 Å². The molecule has 396 valence electrons. The summed E-state index contributed by atoms with van der Waals surface area (Å²) in [5.74, 6) is -2.32. The molecule has 5 aromatic rings. The van der Waals surface area contributed by atoms with Gasteiger partial charge in [0.2, 0.25) is 11.8 Å². The van der Waals surface area contributed by atoms with Gasteiger partial charge in [0.25, 0.3) is 17.7 Å². The van der Waals surface area contributed by atoms with E-state index in [0.717, 1.165) is 78.7 Å². The van der Waals surface area contributed by atoms with E-state index in [1.165, 1.54) is 34.9 Å². The highest BCUT2D eigenvalue weighted by molar-refractivity contribution is 7.99. The fourth-order valence-electron chi connectivity index (χ4n) is 11.8. The van der Waals surface area contributed by atoms with Crippen LogP contribution in [0.25, 0.3) is 0 Å². The van der Waals surface area contributed by atoms with Crippen molar-refractivity contribution in [3.63, 3.8) is 0 Å². The second kappa shape index (κ2) is 21.6. The lowest BCUT2D eigenvalue weighted by atomic mass is 9.73. The van der Waals surface area contributed by atoms with E-state index < -0.39 is 35.4 Å². The van der Waals surface area contributed by atoms with Crippen molar-refractivity contribution in [3.05, 3.63) is 131 Å². The summed E-state index contributed by atoms with van der Waals surface area (Å²) in [6.07, 6.45) is 7.70. The van der Waals surface area contributed by atoms with Gasteiger partial charge in [0, 0.05) is 117 Å². The Balaban J connectivity index is 0.611. The number of benzene rings is 4. The Morgan fingerprint density at radius 3 is 2.34 bits per heavy atom. The number of aromatic nitrogens is 2. The van der Waals surface area contributed by atoms with E-state index in [2.05, 4.69) is 42.6 Å². The molecule has 5 amide bonds. The first-order valence-corrected chi connectivity index (χ1v) is 27.0. The number of rotatable bonds is 12. The van der Waals surface area contributed by atoms with E-state index in [9.17, 15) is 24.0 Å². The van der Waals surface area contributed by atoms with Gasteiger partial charge < -0.3 is 40.7 Å². The highest BCUT2D eigenvalue weighted by Crippen LogP contribution is 2.42. The van der Waals surface area contributed by atoms with Gasteiger partial charge in [0.1, 0.15) is 28.5 Å². The largest absolute Gasteiger partial charge is 0.376 e. The van der Waals surface area contributed by atoms with E-state index in [1.807, 2.05) is 23.1 Å². The van der Waals surface area contributed by atoms with Crippen molar-refractivity contribution in [3.8, 4) is 0 Å². The Hall–Kier alpha value is -7.00. The van der Waals surface area contributed by atoms with E-state index in [4.69, 9.17) is 15.5 Å². The zero-order valence-corrected chi connectivity index (χ0v) is 43.1. The van der Waals surface area contributed by atoms with Crippen molar-refractivity contribution in [1.82, 2.24) is 30.4 Å². The third-order valence-corrected chi connectivity index (χ3v) is 17.2. The van der Waals surface area contributed by atoms with Crippen molar-refractivity contribution < 1.29 is 37.5 Å². The third kappa shape index (κ3) is 10.6. The van der Waals surface area contributed by atoms with Crippen molar-refractivity contribution in [1.29, 1.82) is 0 Å². The molecule has 6 aliphatic heterocycles. The lowest BCUT2D eigenvalue weighted by Gasteiger charge is -2.43. The molecule has 1 aromatic heterocycles. The minimum Gasteiger partial charge on any atom is -0.376 e. The fourth-order valence-corrected chi connectivity index (χ4v) is 12.5. The van der Waals surface area contributed by atoms with Crippen molar-refractivity contribution >= 4 is 64.2 Å². The minimum absolute atomic E-state index is 0.0348. The predicted octanol–water partition coefficient (Wildman–Crippen LogP) is 5.97. The molecule has 4 aromatic carbocycles. The molecule has 3 atom stereocenters. The van der Waals surface area contributed by atoms with E-state index in [1.54, 1.807) is 54.9 Å². The molecule has 7 heterocycles. The van der Waals surface area contributed by atoms with Gasteiger partial charge in [0.05, 0.1) is 36.4 Å². The Bertz CT molecular complexity index is 3050. The number of fused-ring (bicyclic) bond motifs is 1. The van der Waals surface area contributed by atoms with Crippen LogP contribution in [-0.4, -0.2) is 132 Å². The molecule has 17 nitrogen and oxygen atoms in total. The standard InChI is InChI=1S/C56H61F2N11O6S/c1-34-51(59)56(33-75-34)15-19-68(20-16-56)48-30-61-50(31-60-48)76-41-4-2-3-38(27-41)63-52(71)36-6-10-46(45(58)26-36)67-17-13-39(14-18-67)65-21-23-66(24-22-65)40-7-9-43(44(57)28-40)53(72)62-29-35-5-8-42-37(25-35)32-69(55(42)74)47-11-12-49(70)64-54(47)73/h2-10,25-28,30-31,34,39,47,51H,11-24,29,32-33,59H2,1H3,(H,62,72)(H,63,71)(H,64,70,73)/t34-,47?,51+/m0/s1. The van der Waals surface area contributed by atoms with Crippen molar-refractivity contribution in [2.75, 3.05) is 79.0 Å². The molecule has 6 aliphatic rings. The van der Waals surface area contributed by atoms with Crippen LogP contribution in [0, 0.1) is 17.0 Å². The normalized spacial score (nSPS) is 22.0. The number of piperidine rings is 3. The zero-order chi connectivity index (χ0) is 52.7. The Kier molecular flexibility index (Phi) is 14.5. The summed E-state index contributed by atoms with van der Waals surface area (Å²) < 4.78 is 37.1. The second-order valence-electron chi connectivity index (χ2n) is 20.8. The van der Waals surface area contributed by atoms with Gasteiger partial charge in [-0.05, 0) is 111 Å². The van der Waals surface area contributed by atoms with Crippen LogP contribution >= 0.6 is 11.8 Å². The number of nitrogens with two attached hydrogens (primary N) is 1. The summed E-state index contributed by atoms with van der Waals surface area (Å²) in [6, 6.07) is 21.6. The lowest BCUT2D eigenvalue weighted by Crippen LogP contribution is -2.53. The maximum atomic E-state index is 15.7. The summed E-state index contributed by atoms with van der Waals surface area (Å²) in [6.45, 7) is 9.05. The monoisotopic (exact) mass is 1050 g/mol. The van der Waals surface area contributed by atoms with Crippen LogP contribution < -0.4 is 36.4 Å². The van der Waals surface area contributed by atoms with Crippen LogP contribution in [0.15, 0.2) is 101 Å². The van der Waals surface area contributed by atoms with E-state index >= 15 is 8.78 Å². The SMILES string of the molecule is C[C@@H]1OCC2(CCN(c3cnc(Sc4cccc(NC(=O)c5ccc(N6CCC(N7CCN(c8ccc(C(=O)NCc9ccc%10c(c9)CN(C9CCC(=O)NC9=O)C%10=O)c(F)c8)CC7)CC6)c(F)c5)c4)cn3)CC2)[C@@H]1N. The minimum atomic E-state index is -0.720. The van der Waals surface area contributed by atoms with Crippen LogP contribution in [0.5, 0.6) is 0 Å². The summed E-state index contributed by atoms with van der Waals surface area (Å²) in [7, 11) is 0. The molecule has 5 fully saturated rings. The predicted molar refractivity (Wildman–Crippen MR) is 283 cm³/mol. The molecule has 76 heavy (non-hydrogen) atoms. The van der Waals surface area contributed by atoms with Gasteiger partial charge in [-0.25, -0.2) is 18.7 Å². The number of hydrogen-bond donors (Lipinski definition) is 4. The molecular weight excluding hydrogens is 993 g/mol. The van der Waals surface area contributed by atoms with Crippen LogP contribution in [-0.2, 0) is 27.4 Å². The molecule has 1 unspecified atom stereocenters. The molecule has 0 saturated carbocycles. The molecule has 5 saturated heterocycles. The van der Waals surface area contributed by atoms with Gasteiger partial charge in [-0.15, -0.1) is 0 Å². The quantitative estimate of drug-likeness (QED) is 0.107. The average Bonchev–Trinajstić information content (AvgIpc) is 3.91. The summed E-state index contributed by atoms with van der Waals surface area (Å²) in [5, 5.41) is 8.74. The number of nitrogens with one attached hydrogen (secondary N) is 3. The molecule has 0 radical (unpaired) electrons. The number of carbonyl (C=O) groups is 5. The smallest absolute Gasteiger partial charge is 0.255 e. The Morgan fingerprint density at radius 2 is 1.63 bits per heavy atom. The fraction of sp³-hybridized carbons (Fsp3) is 0.411. The van der Waals surface area contributed by atoms with Crippen LogP contribution in [0.1, 0.15) is 87.6 Å². The first kappa shape index (κ1) is 51.1. The van der Waals surface area contributed by atoms with Crippen LogP contribution in [0.3, 0.4) is 0 Å². The molecule has 5 N–H and O–H groups in total. The maximum absolute atomic E-state index is 15.7. The second-order valence-corrected chi connectivity index (χ2v) is 21.9. The number of imide groups is 1. The Morgan fingerprint density at radius 1 is 0.829 bits per heavy atom. The average molecular weight is 1050 g/mol.